The van der Waals surface area contributed by atoms with Crippen LogP contribution in [0.5, 0.6) is 11.5 Å². The molecule has 1 atom stereocenters. The largest absolute Gasteiger partial charge is 0.493 e. The van der Waals surface area contributed by atoms with Crippen LogP contribution >= 0.6 is 11.6 Å². The molecule has 0 aromatic heterocycles. The Labute approximate surface area is 147 Å². The van der Waals surface area contributed by atoms with E-state index in [-0.39, 0.29) is 11.9 Å². The minimum absolute atomic E-state index is 0.173. The molecule has 0 saturated carbocycles. The first-order valence-electron chi connectivity index (χ1n) is 7.50. The van der Waals surface area contributed by atoms with E-state index in [9.17, 15) is 4.79 Å². The summed E-state index contributed by atoms with van der Waals surface area (Å²) in [5, 5.41) is 3.52. The molecule has 0 radical (unpaired) electrons. The third-order valence-electron chi connectivity index (χ3n) is 3.59. The van der Waals surface area contributed by atoms with Crippen molar-refractivity contribution >= 4 is 23.6 Å². The summed E-state index contributed by atoms with van der Waals surface area (Å²) in [5.41, 5.74) is 1.72. The summed E-state index contributed by atoms with van der Waals surface area (Å²) >= 11 is 6.06. The van der Waals surface area contributed by atoms with Crippen LogP contribution in [-0.2, 0) is 4.79 Å². The number of amides is 1. The number of halogens is 1. The molecule has 0 aliphatic heterocycles. The highest BCUT2D eigenvalue weighted by atomic mass is 35.5. The lowest BCUT2D eigenvalue weighted by Gasteiger charge is -2.15. The number of rotatable bonds is 6. The third kappa shape index (κ3) is 4.52. The average molecular weight is 346 g/mol. The Bertz CT molecular complexity index is 743. The molecule has 2 rings (SSSR count). The van der Waals surface area contributed by atoms with Gasteiger partial charge < -0.3 is 14.8 Å². The molecule has 0 heterocycles. The lowest BCUT2D eigenvalue weighted by Crippen LogP contribution is -2.24. The molecule has 4 nitrogen and oxygen atoms in total. The topological polar surface area (TPSA) is 47.6 Å². The van der Waals surface area contributed by atoms with E-state index in [1.54, 1.807) is 26.4 Å². The predicted octanol–water partition coefficient (Wildman–Crippen LogP) is 4.25. The van der Waals surface area contributed by atoms with Crippen molar-refractivity contribution < 1.29 is 14.3 Å². The van der Waals surface area contributed by atoms with Gasteiger partial charge in [-0.1, -0.05) is 35.9 Å². The Morgan fingerprint density at radius 1 is 1.12 bits per heavy atom. The first-order chi connectivity index (χ1) is 11.5. The quantitative estimate of drug-likeness (QED) is 0.796. The molecule has 2 aromatic carbocycles. The maximum Gasteiger partial charge on any atom is 0.244 e. The summed E-state index contributed by atoms with van der Waals surface area (Å²) < 4.78 is 10.5. The van der Waals surface area contributed by atoms with Gasteiger partial charge in [-0.15, -0.1) is 0 Å². The van der Waals surface area contributed by atoms with E-state index >= 15 is 0 Å². The highest BCUT2D eigenvalue weighted by Crippen LogP contribution is 2.29. The molecule has 0 saturated heterocycles. The minimum atomic E-state index is -0.197. The zero-order valence-electron chi connectivity index (χ0n) is 13.9. The van der Waals surface area contributed by atoms with Crippen LogP contribution in [0.2, 0.25) is 5.02 Å². The van der Waals surface area contributed by atoms with Crippen molar-refractivity contribution in [1.29, 1.82) is 0 Å². The summed E-state index contributed by atoms with van der Waals surface area (Å²) in [6, 6.07) is 12.7. The molecular weight excluding hydrogens is 326 g/mol. The summed E-state index contributed by atoms with van der Waals surface area (Å²) in [4.78, 5) is 12.1. The van der Waals surface area contributed by atoms with E-state index in [4.69, 9.17) is 21.1 Å². The number of methoxy groups -OCH3 is 2. The van der Waals surface area contributed by atoms with Gasteiger partial charge in [0.05, 0.1) is 20.3 Å². The van der Waals surface area contributed by atoms with E-state index in [0.717, 1.165) is 11.1 Å². The van der Waals surface area contributed by atoms with Gasteiger partial charge in [-0.05, 0) is 42.3 Å². The van der Waals surface area contributed by atoms with Crippen LogP contribution in [0.15, 0.2) is 48.5 Å². The lowest BCUT2D eigenvalue weighted by atomic mass is 10.1. The van der Waals surface area contributed by atoms with Crippen LogP contribution < -0.4 is 14.8 Å². The van der Waals surface area contributed by atoms with Crippen molar-refractivity contribution in [2.45, 2.75) is 13.0 Å². The normalized spacial score (nSPS) is 12.0. The molecule has 126 valence electrons. The van der Waals surface area contributed by atoms with Crippen LogP contribution in [0, 0.1) is 0 Å². The second kappa shape index (κ2) is 8.41. The highest BCUT2D eigenvalue weighted by Gasteiger charge is 2.11. The molecule has 0 bridgehead atoms. The number of carbonyl (C=O) groups excluding carboxylic acids is 1. The number of carbonyl (C=O) groups is 1. The van der Waals surface area contributed by atoms with Crippen molar-refractivity contribution in [2.75, 3.05) is 14.2 Å². The van der Waals surface area contributed by atoms with Crippen LogP contribution in [0.1, 0.15) is 24.1 Å². The van der Waals surface area contributed by atoms with Gasteiger partial charge in [-0.2, -0.15) is 0 Å². The van der Waals surface area contributed by atoms with Gasteiger partial charge >= 0.3 is 0 Å². The van der Waals surface area contributed by atoms with E-state index < -0.39 is 0 Å². The summed E-state index contributed by atoms with van der Waals surface area (Å²) in [7, 11) is 3.17. The molecular formula is C19H20ClNO3. The monoisotopic (exact) mass is 345 g/mol. The van der Waals surface area contributed by atoms with Crippen molar-refractivity contribution in [2.24, 2.45) is 0 Å². The number of nitrogens with one attached hydrogen (secondary N) is 1. The fourth-order valence-corrected chi connectivity index (χ4v) is 2.44. The SMILES string of the molecule is COc1ccc([C@H](C)NC(=O)/C=C/c2ccccc2Cl)cc1OC. The van der Waals surface area contributed by atoms with Crippen molar-refractivity contribution in [3.05, 3.63) is 64.7 Å². The zero-order chi connectivity index (χ0) is 17.5. The van der Waals surface area contributed by atoms with Crippen LogP contribution in [0.3, 0.4) is 0 Å². The Hall–Kier alpha value is -2.46. The fraction of sp³-hybridized carbons (Fsp3) is 0.211. The van der Waals surface area contributed by atoms with Gasteiger partial charge in [-0.3, -0.25) is 4.79 Å². The molecule has 1 amide bonds. The van der Waals surface area contributed by atoms with Crippen molar-refractivity contribution in [1.82, 2.24) is 5.32 Å². The molecule has 0 spiro atoms. The highest BCUT2D eigenvalue weighted by molar-refractivity contribution is 6.32. The lowest BCUT2D eigenvalue weighted by molar-refractivity contribution is -0.117. The maximum absolute atomic E-state index is 12.1. The number of hydrogen-bond donors (Lipinski definition) is 1. The van der Waals surface area contributed by atoms with Crippen LogP contribution in [0.25, 0.3) is 6.08 Å². The van der Waals surface area contributed by atoms with E-state index in [1.165, 1.54) is 6.08 Å². The van der Waals surface area contributed by atoms with E-state index in [1.807, 2.05) is 43.3 Å². The van der Waals surface area contributed by atoms with Gasteiger partial charge in [0.25, 0.3) is 0 Å². The number of benzene rings is 2. The van der Waals surface area contributed by atoms with Gasteiger partial charge in [0, 0.05) is 11.1 Å². The van der Waals surface area contributed by atoms with E-state index in [2.05, 4.69) is 5.32 Å². The van der Waals surface area contributed by atoms with Crippen LogP contribution in [0.4, 0.5) is 0 Å². The second-order valence-corrected chi connectivity index (χ2v) is 5.61. The first-order valence-corrected chi connectivity index (χ1v) is 7.88. The summed E-state index contributed by atoms with van der Waals surface area (Å²) in [6.45, 7) is 1.91. The third-order valence-corrected chi connectivity index (χ3v) is 3.93. The first kappa shape index (κ1) is 17.9. The second-order valence-electron chi connectivity index (χ2n) is 5.20. The predicted molar refractivity (Wildman–Crippen MR) is 96.6 cm³/mol. The molecule has 0 aliphatic rings. The number of ether oxygens (including phenoxy) is 2. The maximum atomic E-state index is 12.1. The Kier molecular flexibility index (Phi) is 6.27. The fourth-order valence-electron chi connectivity index (χ4n) is 2.24. The zero-order valence-corrected chi connectivity index (χ0v) is 14.6. The molecule has 0 unspecified atom stereocenters. The molecule has 0 aliphatic carbocycles. The molecule has 1 N–H and O–H groups in total. The van der Waals surface area contributed by atoms with Gasteiger partial charge in [0.2, 0.25) is 5.91 Å². The van der Waals surface area contributed by atoms with Gasteiger partial charge in [-0.25, -0.2) is 0 Å². The average Bonchev–Trinajstić information content (AvgIpc) is 2.60. The van der Waals surface area contributed by atoms with Gasteiger partial charge in [0.15, 0.2) is 11.5 Å². The van der Waals surface area contributed by atoms with Crippen LogP contribution in [-0.4, -0.2) is 20.1 Å². The smallest absolute Gasteiger partial charge is 0.244 e. The van der Waals surface area contributed by atoms with E-state index in [0.29, 0.717) is 16.5 Å². The van der Waals surface area contributed by atoms with Crippen molar-refractivity contribution in [3.8, 4) is 11.5 Å². The minimum Gasteiger partial charge on any atom is -0.493 e. The Morgan fingerprint density at radius 3 is 2.50 bits per heavy atom. The Morgan fingerprint density at radius 2 is 1.83 bits per heavy atom. The van der Waals surface area contributed by atoms with Crippen molar-refractivity contribution in [3.63, 3.8) is 0 Å². The number of hydrogen-bond acceptors (Lipinski definition) is 3. The summed E-state index contributed by atoms with van der Waals surface area (Å²) in [6.07, 6.45) is 3.16. The van der Waals surface area contributed by atoms with Gasteiger partial charge in [0.1, 0.15) is 0 Å². The Balaban J connectivity index is 2.05. The standard InChI is InChI=1S/C19H20ClNO3/c1-13(15-8-10-17(23-2)18(12-15)24-3)21-19(22)11-9-14-6-4-5-7-16(14)20/h4-13H,1-3H3,(H,21,22)/b11-9+/t13-/m0/s1. The molecule has 2 aromatic rings. The molecule has 0 fully saturated rings. The molecule has 5 heteroatoms. The molecule has 24 heavy (non-hydrogen) atoms. The summed E-state index contributed by atoms with van der Waals surface area (Å²) in [5.74, 6) is 1.08.